The van der Waals surface area contributed by atoms with Crippen molar-refractivity contribution < 1.29 is 4.79 Å². The fraction of sp³-hybridized carbons (Fsp3) is 0.364. The molecule has 3 aromatic carbocycles. The summed E-state index contributed by atoms with van der Waals surface area (Å²) in [6.07, 6.45) is 2.59. The third-order valence-electron chi connectivity index (χ3n) is 7.27. The molecule has 38 heavy (non-hydrogen) atoms. The average molecular weight is 510 g/mol. The van der Waals surface area contributed by atoms with Crippen molar-refractivity contribution in [2.45, 2.75) is 72.3 Å². The van der Waals surface area contributed by atoms with Crippen LogP contribution in [0.1, 0.15) is 87.7 Å². The van der Waals surface area contributed by atoms with E-state index in [0.717, 1.165) is 30.5 Å². The van der Waals surface area contributed by atoms with Crippen molar-refractivity contribution in [2.75, 3.05) is 6.54 Å². The number of amides is 1. The number of hydrogen-bond donors (Lipinski definition) is 0. The highest BCUT2D eigenvalue weighted by atomic mass is 16.2. The van der Waals surface area contributed by atoms with Crippen molar-refractivity contribution in [3.63, 3.8) is 0 Å². The highest BCUT2D eigenvalue weighted by molar-refractivity contribution is 5.94. The van der Waals surface area contributed by atoms with Gasteiger partial charge in [0.05, 0.1) is 22.6 Å². The smallest absolute Gasteiger partial charge is 0.266 e. The molecule has 0 fully saturated rings. The molecule has 0 saturated carbocycles. The maximum atomic E-state index is 14.0. The molecule has 0 aliphatic carbocycles. The molecular weight excluding hydrogens is 470 g/mol. The highest BCUT2D eigenvalue weighted by Gasteiger charge is 2.28. The molecule has 4 rings (SSSR count). The second-order valence-corrected chi connectivity index (χ2v) is 11.0. The molecule has 0 N–H and O–H groups in total. The molecule has 1 atom stereocenters. The summed E-state index contributed by atoms with van der Waals surface area (Å²) in [5, 5.41) is 0.568. The Labute approximate surface area is 226 Å². The molecule has 5 nitrogen and oxygen atoms in total. The largest absolute Gasteiger partial charge is 0.329 e. The van der Waals surface area contributed by atoms with Gasteiger partial charge in [-0.25, -0.2) is 4.98 Å². The first kappa shape index (κ1) is 27.3. The van der Waals surface area contributed by atoms with Crippen molar-refractivity contribution >= 4 is 16.8 Å². The van der Waals surface area contributed by atoms with Crippen LogP contribution < -0.4 is 5.56 Å². The van der Waals surface area contributed by atoms with E-state index in [1.807, 2.05) is 84.6 Å². The quantitative estimate of drug-likeness (QED) is 0.251. The zero-order valence-electron chi connectivity index (χ0n) is 23.5. The molecule has 0 saturated heterocycles. The van der Waals surface area contributed by atoms with Crippen LogP contribution in [0.15, 0.2) is 77.6 Å². The molecular formula is C33H39N3O2. The number of aryl methyl sites for hydroxylation is 1. The van der Waals surface area contributed by atoms with Gasteiger partial charge in [0.15, 0.2) is 0 Å². The topological polar surface area (TPSA) is 55.2 Å². The van der Waals surface area contributed by atoms with Gasteiger partial charge in [-0.15, -0.1) is 0 Å². The van der Waals surface area contributed by atoms with Crippen LogP contribution in [0.25, 0.3) is 16.6 Å². The Morgan fingerprint density at radius 3 is 2.26 bits per heavy atom. The zero-order valence-corrected chi connectivity index (χ0v) is 23.5. The summed E-state index contributed by atoms with van der Waals surface area (Å²) in [6, 6.07) is 22.9. The Bertz CT molecular complexity index is 1480. The monoisotopic (exact) mass is 509 g/mol. The molecule has 0 bridgehead atoms. The SMILES string of the molecule is CCCCN(C(=O)c1ccc(C(C)(C)C)cc1)C(C)c1nc2ccccc2c(=O)n1-c1ccccc1CC. The van der Waals surface area contributed by atoms with Crippen LogP contribution in [0.2, 0.25) is 0 Å². The predicted molar refractivity (Wildman–Crippen MR) is 156 cm³/mol. The van der Waals surface area contributed by atoms with E-state index in [2.05, 4.69) is 34.6 Å². The Kier molecular flexibility index (Phi) is 8.15. The van der Waals surface area contributed by atoms with Gasteiger partial charge in [0.1, 0.15) is 5.82 Å². The van der Waals surface area contributed by atoms with E-state index in [-0.39, 0.29) is 16.9 Å². The number of nitrogens with zero attached hydrogens (tertiary/aromatic N) is 3. The lowest BCUT2D eigenvalue weighted by molar-refractivity contribution is 0.0678. The standard InChI is InChI=1S/C33H39N3O2/c1-7-9-22-35(31(37)25-18-20-26(21-19-25)33(4,5)6)23(3)30-34-28-16-12-11-15-27(28)32(38)36(30)29-17-13-10-14-24(29)8-2/h10-21,23H,7-9,22H2,1-6H3. The van der Waals surface area contributed by atoms with Crippen molar-refractivity contribution in [3.8, 4) is 5.69 Å². The van der Waals surface area contributed by atoms with E-state index in [9.17, 15) is 9.59 Å². The fourth-order valence-corrected chi connectivity index (χ4v) is 4.91. The van der Waals surface area contributed by atoms with E-state index >= 15 is 0 Å². The first-order valence-corrected chi connectivity index (χ1v) is 13.7. The van der Waals surface area contributed by atoms with Gasteiger partial charge >= 0.3 is 0 Å². The van der Waals surface area contributed by atoms with E-state index < -0.39 is 6.04 Å². The van der Waals surface area contributed by atoms with Crippen LogP contribution in [0.4, 0.5) is 0 Å². The number of para-hydroxylation sites is 2. The molecule has 1 heterocycles. The first-order valence-electron chi connectivity index (χ1n) is 13.7. The Hall–Kier alpha value is -3.73. The minimum absolute atomic E-state index is 0.00845. The molecule has 0 spiro atoms. The van der Waals surface area contributed by atoms with E-state index in [4.69, 9.17) is 4.98 Å². The van der Waals surface area contributed by atoms with Gasteiger partial charge in [0.25, 0.3) is 11.5 Å². The molecule has 5 heteroatoms. The van der Waals surface area contributed by atoms with Gasteiger partial charge in [0, 0.05) is 12.1 Å². The number of carbonyl (C=O) groups is 1. The van der Waals surface area contributed by atoms with E-state index in [1.54, 1.807) is 4.57 Å². The Balaban J connectivity index is 1.88. The lowest BCUT2D eigenvalue weighted by atomic mass is 9.86. The van der Waals surface area contributed by atoms with Crippen molar-refractivity contribution in [3.05, 3.63) is 106 Å². The zero-order chi connectivity index (χ0) is 27.4. The summed E-state index contributed by atoms with van der Waals surface area (Å²) in [4.78, 5) is 34.8. The van der Waals surface area contributed by atoms with Gasteiger partial charge in [-0.05, 0) is 66.6 Å². The van der Waals surface area contributed by atoms with Gasteiger partial charge in [-0.1, -0.05) is 83.5 Å². The molecule has 4 aromatic rings. The normalized spacial score (nSPS) is 12.5. The number of aromatic nitrogens is 2. The summed E-state index contributed by atoms with van der Waals surface area (Å²) in [5.41, 5.74) is 4.24. The molecule has 0 aliphatic rings. The minimum atomic E-state index is -0.418. The number of benzene rings is 3. The van der Waals surface area contributed by atoms with Crippen LogP contribution in [-0.2, 0) is 11.8 Å². The summed E-state index contributed by atoms with van der Waals surface area (Å²) in [6.45, 7) is 13.3. The van der Waals surface area contributed by atoms with Gasteiger partial charge in [-0.2, -0.15) is 0 Å². The van der Waals surface area contributed by atoms with Crippen LogP contribution in [0.3, 0.4) is 0 Å². The molecule has 0 aliphatic heterocycles. The van der Waals surface area contributed by atoms with Gasteiger partial charge in [-0.3, -0.25) is 14.2 Å². The van der Waals surface area contributed by atoms with Crippen molar-refractivity contribution in [2.24, 2.45) is 0 Å². The van der Waals surface area contributed by atoms with Crippen LogP contribution >= 0.6 is 0 Å². The van der Waals surface area contributed by atoms with Crippen LogP contribution in [-0.4, -0.2) is 26.9 Å². The highest BCUT2D eigenvalue weighted by Crippen LogP contribution is 2.28. The van der Waals surface area contributed by atoms with Crippen LogP contribution in [0, 0.1) is 0 Å². The van der Waals surface area contributed by atoms with Crippen molar-refractivity contribution in [1.29, 1.82) is 0 Å². The second kappa shape index (κ2) is 11.3. The average Bonchev–Trinajstić information content (AvgIpc) is 2.92. The summed E-state index contributed by atoms with van der Waals surface area (Å²) in [7, 11) is 0. The summed E-state index contributed by atoms with van der Waals surface area (Å²) in [5.74, 6) is 0.523. The van der Waals surface area contributed by atoms with Crippen molar-refractivity contribution in [1.82, 2.24) is 14.5 Å². The molecule has 1 amide bonds. The fourth-order valence-electron chi connectivity index (χ4n) is 4.91. The van der Waals surface area contributed by atoms with Gasteiger partial charge < -0.3 is 4.90 Å². The molecule has 0 radical (unpaired) electrons. The lowest BCUT2D eigenvalue weighted by Gasteiger charge is -2.31. The number of carbonyl (C=O) groups excluding carboxylic acids is 1. The number of fused-ring (bicyclic) bond motifs is 1. The third-order valence-corrected chi connectivity index (χ3v) is 7.27. The predicted octanol–water partition coefficient (Wildman–Crippen LogP) is 7.25. The van der Waals surface area contributed by atoms with E-state index in [0.29, 0.717) is 28.8 Å². The number of hydrogen-bond acceptors (Lipinski definition) is 3. The maximum Gasteiger partial charge on any atom is 0.266 e. The number of rotatable bonds is 8. The number of unbranched alkanes of at least 4 members (excludes halogenated alkanes) is 1. The Morgan fingerprint density at radius 1 is 0.947 bits per heavy atom. The molecule has 198 valence electrons. The summed E-state index contributed by atoms with van der Waals surface area (Å²) < 4.78 is 1.72. The maximum absolute atomic E-state index is 14.0. The lowest BCUT2D eigenvalue weighted by Crippen LogP contribution is -2.38. The van der Waals surface area contributed by atoms with Gasteiger partial charge in [0.2, 0.25) is 0 Å². The molecule has 1 aromatic heterocycles. The van der Waals surface area contributed by atoms with E-state index in [1.165, 1.54) is 5.56 Å². The molecule has 1 unspecified atom stereocenters. The third kappa shape index (κ3) is 5.42. The first-order chi connectivity index (χ1) is 18.2. The second-order valence-electron chi connectivity index (χ2n) is 11.0. The Morgan fingerprint density at radius 2 is 1.61 bits per heavy atom. The minimum Gasteiger partial charge on any atom is -0.329 e. The summed E-state index contributed by atoms with van der Waals surface area (Å²) >= 11 is 0. The van der Waals surface area contributed by atoms with Crippen LogP contribution in [0.5, 0.6) is 0 Å².